The van der Waals surface area contributed by atoms with Crippen molar-refractivity contribution in [3.05, 3.63) is 74.4 Å². The highest BCUT2D eigenvalue weighted by molar-refractivity contribution is 7.94. The molecule has 0 aliphatic heterocycles. The molecular weight excluding hydrogens is 608 g/mol. The van der Waals surface area contributed by atoms with Crippen LogP contribution in [-0.4, -0.2) is 42.9 Å². The van der Waals surface area contributed by atoms with E-state index >= 15 is 0 Å². The van der Waals surface area contributed by atoms with E-state index in [1.165, 1.54) is 12.1 Å². The van der Waals surface area contributed by atoms with Crippen LogP contribution in [0.15, 0.2) is 72.1 Å². The van der Waals surface area contributed by atoms with E-state index in [9.17, 15) is 27.7 Å². The molecule has 19 heteroatoms. The van der Waals surface area contributed by atoms with E-state index in [1.54, 1.807) is 45.0 Å². The minimum atomic E-state index is -4.76. The Hall–Kier alpha value is -4.66. The van der Waals surface area contributed by atoms with Crippen molar-refractivity contribution in [2.24, 2.45) is 10.2 Å². The van der Waals surface area contributed by atoms with Crippen LogP contribution in [0.4, 0.5) is 34.6 Å². The Bertz CT molecular complexity index is 1910. The maximum absolute atomic E-state index is 12.9. The summed E-state index contributed by atoms with van der Waals surface area (Å²) in [5.74, 6) is -0.386. The molecule has 4 rings (SSSR count). The standard InChI is InChI=1S/C24H24N8O9S2/c1-4-32-20(33)13(3)12(2)19(21(32)34)31-30-17-11-15(7-10-18(17)43(37,38)39)26-23-27-22(28-24(35)29-23)25-14-5-8-16(9-6-14)42-41-40-36/h5-11,33,36H,4H2,1-3H3,(H,37,38,39)(H3,25,26,27,28,29,35). The van der Waals surface area contributed by atoms with Gasteiger partial charge >= 0.3 is 5.69 Å². The van der Waals surface area contributed by atoms with Gasteiger partial charge in [0.05, 0.1) is 12.0 Å². The van der Waals surface area contributed by atoms with E-state index < -0.39 is 26.3 Å². The van der Waals surface area contributed by atoms with Crippen molar-refractivity contribution in [2.75, 3.05) is 10.6 Å². The SMILES string of the molecule is CCn1c(O)c(C)c(C)c(N=Nc2cc(Nc3nc(Nc4ccc(SOOO)cc4)nc(=O)[nH]3)ccc2S(=O)(=O)O)c1=O. The third kappa shape index (κ3) is 7.41. The molecule has 2 aromatic heterocycles. The molecule has 0 amide bonds. The molecule has 0 spiro atoms. The molecule has 0 bridgehead atoms. The first-order valence-electron chi connectivity index (χ1n) is 12.1. The van der Waals surface area contributed by atoms with Crippen LogP contribution in [0.2, 0.25) is 0 Å². The highest BCUT2D eigenvalue weighted by Gasteiger charge is 2.19. The van der Waals surface area contributed by atoms with Gasteiger partial charge in [-0.2, -0.15) is 18.4 Å². The fourth-order valence-corrected chi connectivity index (χ4v) is 4.71. The van der Waals surface area contributed by atoms with Gasteiger partial charge in [-0.15, -0.1) is 14.6 Å². The summed E-state index contributed by atoms with van der Waals surface area (Å²) < 4.78 is 39.3. The number of anilines is 4. The van der Waals surface area contributed by atoms with E-state index in [0.717, 1.165) is 22.7 Å². The quantitative estimate of drug-likeness (QED) is 0.0445. The molecule has 0 fully saturated rings. The van der Waals surface area contributed by atoms with Crippen LogP contribution in [0, 0.1) is 13.8 Å². The number of aromatic nitrogens is 4. The minimum Gasteiger partial charge on any atom is -0.494 e. The molecule has 2 aromatic carbocycles. The van der Waals surface area contributed by atoms with E-state index in [0.29, 0.717) is 21.7 Å². The van der Waals surface area contributed by atoms with Crippen LogP contribution in [0.25, 0.3) is 0 Å². The van der Waals surface area contributed by atoms with E-state index in [4.69, 9.17) is 5.26 Å². The van der Waals surface area contributed by atoms with Crippen LogP contribution in [0.1, 0.15) is 18.1 Å². The monoisotopic (exact) mass is 632 g/mol. The molecule has 0 unspecified atom stereocenters. The van der Waals surface area contributed by atoms with Crippen molar-refractivity contribution in [2.45, 2.75) is 37.1 Å². The van der Waals surface area contributed by atoms with Crippen LogP contribution in [0.5, 0.6) is 5.88 Å². The molecule has 226 valence electrons. The lowest BCUT2D eigenvalue weighted by molar-refractivity contribution is -0.432. The number of aromatic amines is 1. The van der Waals surface area contributed by atoms with Gasteiger partial charge in [0.15, 0.2) is 11.6 Å². The first-order valence-corrected chi connectivity index (χ1v) is 14.3. The first-order chi connectivity index (χ1) is 20.4. The van der Waals surface area contributed by atoms with E-state index in [1.807, 2.05) is 0 Å². The predicted octanol–water partition coefficient (Wildman–Crippen LogP) is 4.25. The normalized spacial score (nSPS) is 11.7. The van der Waals surface area contributed by atoms with E-state index in [-0.39, 0.29) is 41.4 Å². The molecule has 0 radical (unpaired) electrons. The van der Waals surface area contributed by atoms with Crippen LogP contribution in [0.3, 0.4) is 0 Å². The van der Waals surface area contributed by atoms with Crippen LogP contribution < -0.4 is 21.9 Å². The Labute approximate surface area is 247 Å². The molecule has 6 N–H and O–H groups in total. The molecule has 0 saturated heterocycles. The molecule has 4 aromatic rings. The van der Waals surface area contributed by atoms with Crippen molar-refractivity contribution in [3.8, 4) is 5.88 Å². The van der Waals surface area contributed by atoms with Gasteiger partial charge in [0, 0.05) is 28.4 Å². The summed E-state index contributed by atoms with van der Waals surface area (Å²) in [6.07, 6.45) is 0. The lowest BCUT2D eigenvalue weighted by Crippen LogP contribution is -2.20. The highest BCUT2D eigenvalue weighted by atomic mass is 32.2. The van der Waals surface area contributed by atoms with Crippen molar-refractivity contribution < 1.29 is 32.7 Å². The zero-order valence-corrected chi connectivity index (χ0v) is 24.2. The number of nitrogens with one attached hydrogen (secondary N) is 3. The first kappa shape index (κ1) is 31.3. The van der Waals surface area contributed by atoms with Crippen molar-refractivity contribution in [1.82, 2.24) is 19.5 Å². The maximum Gasteiger partial charge on any atom is 0.351 e. The van der Waals surface area contributed by atoms with E-state index in [2.05, 4.69) is 45.2 Å². The van der Waals surface area contributed by atoms with Gasteiger partial charge in [-0.25, -0.2) is 10.1 Å². The third-order valence-corrected chi connectivity index (χ3v) is 7.45. The highest BCUT2D eigenvalue weighted by Crippen LogP contribution is 2.32. The molecule has 0 saturated carbocycles. The van der Waals surface area contributed by atoms with Crippen molar-refractivity contribution in [3.63, 3.8) is 0 Å². The Kier molecular flexibility index (Phi) is 9.53. The van der Waals surface area contributed by atoms with Gasteiger partial charge in [-0.3, -0.25) is 18.9 Å². The molecule has 2 heterocycles. The minimum absolute atomic E-state index is 0.0819. The average Bonchev–Trinajstić information content (AvgIpc) is 2.95. The second-order valence-corrected chi connectivity index (χ2v) is 10.8. The summed E-state index contributed by atoms with van der Waals surface area (Å²) >= 11 is 0.761. The molecule has 17 nitrogen and oxygen atoms in total. The third-order valence-electron chi connectivity index (χ3n) is 5.95. The predicted molar refractivity (Wildman–Crippen MR) is 154 cm³/mol. The fourth-order valence-electron chi connectivity index (χ4n) is 3.75. The van der Waals surface area contributed by atoms with Crippen molar-refractivity contribution in [1.29, 1.82) is 0 Å². The number of aromatic hydroxyl groups is 1. The zero-order chi connectivity index (χ0) is 31.3. The Morgan fingerprint density at radius 2 is 1.72 bits per heavy atom. The van der Waals surface area contributed by atoms with Gasteiger partial charge in [0.1, 0.15) is 10.6 Å². The summed E-state index contributed by atoms with van der Waals surface area (Å²) in [6, 6.07) is 10.0. The number of azo groups is 1. The number of hydrogen-bond acceptors (Lipinski definition) is 15. The smallest absolute Gasteiger partial charge is 0.351 e. The number of nitrogens with zero attached hydrogens (tertiary/aromatic N) is 5. The van der Waals surface area contributed by atoms with Crippen LogP contribution in [-0.2, 0) is 26.0 Å². The van der Waals surface area contributed by atoms with Gasteiger partial charge in [0.25, 0.3) is 15.7 Å². The van der Waals surface area contributed by atoms with Gasteiger partial charge in [0.2, 0.25) is 11.9 Å². The van der Waals surface area contributed by atoms with Gasteiger partial charge in [-0.1, -0.05) is 5.04 Å². The molecule has 0 aliphatic carbocycles. The largest absolute Gasteiger partial charge is 0.494 e. The lowest BCUT2D eigenvalue weighted by atomic mass is 10.1. The summed E-state index contributed by atoms with van der Waals surface area (Å²) in [5, 5.41) is 35.6. The lowest BCUT2D eigenvalue weighted by Gasteiger charge is -2.12. The Balaban J connectivity index is 1.65. The Morgan fingerprint density at radius 1 is 1.02 bits per heavy atom. The number of rotatable bonds is 11. The van der Waals surface area contributed by atoms with Crippen molar-refractivity contribution >= 4 is 56.8 Å². The molecular formula is C24H24N8O9S2. The topological polar surface area (TPSA) is 243 Å². The number of pyridine rings is 1. The average molecular weight is 633 g/mol. The number of benzene rings is 2. The number of hydrogen-bond donors (Lipinski definition) is 6. The summed E-state index contributed by atoms with van der Waals surface area (Å²) in [5.41, 5.74) is -0.464. The Morgan fingerprint density at radius 3 is 2.37 bits per heavy atom. The van der Waals surface area contributed by atoms with Gasteiger partial charge in [-0.05, 0) is 68.8 Å². The fraction of sp³-hybridized carbons (Fsp3) is 0.167. The molecule has 0 aliphatic rings. The maximum atomic E-state index is 12.9. The second kappa shape index (κ2) is 13.1. The summed E-state index contributed by atoms with van der Waals surface area (Å²) in [7, 11) is -4.76. The summed E-state index contributed by atoms with van der Waals surface area (Å²) in [4.78, 5) is 35.4. The molecule has 0 atom stereocenters. The van der Waals surface area contributed by atoms with Gasteiger partial charge < -0.3 is 15.7 Å². The zero-order valence-electron chi connectivity index (χ0n) is 22.6. The summed E-state index contributed by atoms with van der Waals surface area (Å²) in [6.45, 7) is 4.95. The molecule has 43 heavy (non-hydrogen) atoms. The van der Waals surface area contributed by atoms with Crippen LogP contribution >= 0.6 is 12.0 Å². The second-order valence-electron chi connectivity index (χ2n) is 8.66. The number of H-pyrrole nitrogens is 1.